The summed E-state index contributed by atoms with van der Waals surface area (Å²) in [4.78, 5) is 13.2. The smallest absolute Gasteiger partial charge is 0.276 e. The fourth-order valence-electron chi connectivity index (χ4n) is 3.29. The number of hydrogen-bond donors (Lipinski definition) is 2. The average molecular weight is 572 g/mol. The third-order valence-electron chi connectivity index (χ3n) is 4.90. The first kappa shape index (κ1) is 25.4. The van der Waals surface area contributed by atoms with Gasteiger partial charge in [0.15, 0.2) is 11.8 Å². The molecular weight excluding hydrogens is 543 g/mol. The van der Waals surface area contributed by atoms with Crippen molar-refractivity contribution in [1.29, 1.82) is 0 Å². The first-order chi connectivity index (χ1) is 16.3. The van der Waals surface area contributed by atoms with E-state index >= 15 is 0 Å². The quantitative estimate of drug-likeness (QED) is 0.125. The zero-order valence-electron chi connectivity index (χ0n) is 19.1. The van der Waals surface area contributed by atoms with Gasteiger partial charge < -0.3 is 19.9 Å². The lowest BCUT2D eigenvalue weighted by Crippen LogP contribution is -2.38. The van der Waals surface area contributed by atoms with Gasteiger partial charge in [0.1, 0.15) is 11.4 Å². The number of guanidine groups is 1. The number of pyridine rings is 1. The number of aromatic nitrogens is 3. The van der Waals surface area contributed by atoms with Crippen molar-refractivity contribution in [3.05, 3.63) is 72.7 Å². The fourth-order valence-corrected chi connectivity index (χ4v) is 3.29. The van der Waals surface area contributed by atoms with E-state index in [-0.39, 0.29) is 24.0 Å². The Balaban J connectivity index is 0.00000324. The predicted molar refractivity (Wildman–Crippen MR) is 145 cm³/mol. The monoisotopic (exact) mass is 572 g/mol. The Labute approximate surface area is 216 Å². The molecule has 0 unspecified atom stereocenters. The van der Waals surface area contributed by atoms with Crippen molar-refractivity contribution >= 4 is 40.7 Å². The van der Waals surface area contributed by atoms with E-state index in [1.54, 1.807) is 6.20 Å². The first-order valence-electron chi connectivity index (χ1n) is 11.2. The molecule has 9 heteroatoms. The minimum absolute atomic E-state index is 0. The molecule has 0 spiro atoms. The van der Waals surface area contributed by atoms with Crippen LogP contribution in [0.3, 0.4) is 0 Å². The number of aliphatic imine (C=N–C) groups is 1. The number of nitrogens with one attached hydrogen (secondary N) is 2. The molecule has 2 aromatic heterocycles. The molecule has 2 N–H and O–H groups in total. The number of ether oxygens (including phenoxy) is 1. The maximum atomic E-state index is 5.89. The number of fused-ring (bicyclic) bond motifs is 1. The molecule has 0 aliphatic heterocycles. The summed E-state index contributed by atoms with van der Waals surface area (Å²) >= 11 is 0. The minimum Gasteiger partial charge on any atom is -0.494 e. The number of benzene rings is 2. The van der Waals surface area contributed by atoms with Crippen LogP contribution < -0.4 is 15.4 Å². The van der Waals surface area contributed by atoms with Crippen molar-refractivity contribution < 1.29 is 9.26 Å². The van der Waals surface area contributed by atoms with Crippen LogP contribution in [0.5, 0.6) is 5.75 Å². The molecule has 0 aliphatic rings. The van der Waals surface area contributed by atoms with E-state index in [9.17, 15) is 0 Å². The lowest BCUT2D eigenvalue weighted by Gasteiger charge is -2.10. The van der Waals surface area contributed by atoms with E-state index in [0.717, 1.165) is 24.7 Å². The molecule has 4 aromatic rings. The highest BCUT2D eigenvalue weighted by atomic mass is 127. The second-order valence-corrected chi connectivity index (χ2v) is 7.38. The number of rotatable bonds is 10. The van der Waals surface area contributed by atoms with Crippen LogP contribution in [-0.2, 0) is 6.42 Å². The Kier molecular flexibility index (Phi) is 10.1. The Morgan fingerprint density at radius 3 is 2.71 bits per heavy atom. The summed E-state index contributed by atoms with van der Waals surface area (Å²) in [7, 11) is 0. The molecule has 0 saturated carbocycles. The Bertz CT molecular complexity index is 1180. The van der Waals surface area contributed by atoms with Gasteiger partial charge in [-0.1, -0.05) is 41.6 Å². The molecule has 0 fully saturated rings. The van der Waals surface area contributed by atoms with Gasteiger partial charge in [0.05, 0.1) is 6.61 Å². The fraction of sp³-hybridized carbons (Fsp3) is 0.280. The Morgan fingerprint density at radius 1 is 1.03 bits per heavy atom. The zero-order valence-corrected chi connectivity index (χ0v) is 21.4. The lowest BCUT2D eigenvalue weighted by molar-refractivity contribution is 0.314. The van der Waals surface area contributed by atoms with Crippen molar-refractivity contribution in [2.24, 2.45) is 4.99 Å². The SMILES string of the molecule is CCNC(=NCCCOc1ccc2ccccc2c1)NCCc1noc(-c2ccccn2)n1.I. The largest absolute Gasteiger partial charge is 0.494 e. The molecule has 0 amide bonds. The molecule has 0 aliphatic carbocycles. The van der Waals surface area contributed by atoms with Gasteiger partial charge in [0, 0.05) is 38.7 Å². The van der Waals surface area contributed by atoms with Gasteiger partial charge in [-0.15, -0.1) is 24.0 Å². The van der Waals surface area contributed by atoms with Gasteiger partial charge in [0.2, 0.25) is 0 Å². The van der Waals surface area contributed by atoms with Gasteiger partial charge in [-0.05, 0) is 42.0 Å². The van der Waals surface area contributed by atoms with Crippen molar-refractivity contribution in [2.75, 3.05) is 26.2 Å². The maximum Gasteiger partial charge on any atom is 0.276 e. The lowest BCUT2D eigenvalue weighted by atomic mass is 10.1. The van der Waals surface area contributed by atoms with Gasteiger partial charge in [-0.25, -0.2) is 0 Å². The van der Waals surface area contributed by atoms with Gasteiger partial charge in [-0.3, -0.25) is 9.98 Å². The Hall–Kier alpha value is -3.21. The van der Waals surface area contributed by atoms with Crippen molar-refractivity contribution in [2.45, 2.75) is 19.8 Å². The highest BCUT2D eigenvalue weighted by molar-refractivity contribution is 14.0. The predicted octanol–water partition coefficient (Wildman–Crippen LogP) is 4.47. The molecule has 34 heavy (non-hydrogen) atoms. The van der Waals surface area contributed by atoms with Crippen LogP contribution in [0.25, 0.3) is 22.4 Å². The van der Waals surface area contributed by atoms with Crippen molar-refractivity contribution in [1.82, 2.24) is 25.8 Å². The van der Waals surface area contributed by atoms with E-state index in [1.807, 2.05) is 43.3 Å². The summed E-state index contributed by atoms with van der Waals surface area (Å²) in [6, 6.07) is 20.0. The van der Waals surface area contributed by atoms with Gasteiger partial charge in [0.25, 0.3) is 5.89 Å². The second kappa shape index (κ2) is 13.5. The standard InChI is InChI=1S/C25H28N6O2.HI/c1-2-26-25(29-16-13-23-30-24(33-31-23)22-10-5-6-14-27-22)28-15-7-17-32-21-12-11-19-8-3-4-9-20(19)18-21;/h3-6,8-12,14,18H,2,7,13,15-17H2,1H3,(H2,26,28,29);1H. The first-order valence-corrected chi connectivity index (χ1v) is 11.2. The van der Waals surface area contributed by atoms with Gasteiger partial charge in [-0.2, -0.15) is 4.98 Å². The van der Waals surface area contributed by atoms with Crippen LogP contribution >= 0.6 is 24.0 Å². The van der Waals surface area contributed by atoms with Crippen LogP contribution in [0, 0.1) is 0 Å². The number of halogens is 1. The van der Waals surface area contributed by atoms with Crippen LogP contribution in [0.2, 0.25) is 0 Å². The maximum absolute atomic E-state index is 5.89. The van der Waals surface area contributed by atoms with Crippen LogP contribution in [-0.4, -0.2) is 47.3 Å². The van der Waals surface area contributed by atoms with Crippen LogP contribution in [0.1, 0.15) is 19.2 Å². The summed E-state index contributed by atoms with van der Waals surface area (Å²) in [5.74, 6) is 2.70. The minimum atomic E-state index is 0. The zero-order chi connectivity index (χ0) is 22.7. The molecule has 0 radical (unpaired) electrons. The molecule has 178 valence electrons. The molecule has 2 heterocycles. The van der Waals surface area contributed by atoms with Gasteiger partial charge >= 0.3 is 0 Å². The summed E-state index contributed by atoms with van der Waals surface area (Å²) in [5.41, 5.74) is 0.671. The van der Waals surface area contributed by atoms with Crippen LogP contribution in [0.15, 0.2) is 76.4 Å². The molecule has 0 saturated heterocycles. The topological polar surface area (TPSA) is 97.5 Å². The van der Waals surface area contributed by atoms with Crippen molar-refractivity contribution in [3.63, 3.8) is 0 Å². The van der Waals surface area contributed by atoms with E-state index < -0.39 is 0 Å². The van der Waals surface area contributed by atoms with Crippen molar-refractivity contribution in [3.8, 4) is 17.3 Å². The van der Waals surface area contributed by atoms with E-state index in [4.69, 9.17) is 9.26 Å². The Morgan fingerprint density at radius 2 is 1.88 bits per heavy atom. The summed E-state index contributed by atoms with van der Waals surface area (Å²) in [6.07, 6.45) is 3.14. The highest BCUT2D eigenvalue weighted by Crippen LogP contribution is 2.20. The third kappa shape index (κ3) is 7.41. The van der Waals surface area contributed by atoms with E-state index in [2.05, 4.69) is 55.0 Å². The average Bonchev–Trinajstić information content (AvgIpc) is 3.33. The molecule has 2 aromatic carbocycles. The molecule has 8 nitrogen and oxygen atoms in total. The second-order valence-electron chi connectivity index (χ2n) is 7.38. The summed E-state index contributed by atoms with van der Waals surface area (Å²) < 4.78 is 11.2. The number of nitrogens with zero attached hydrogens (tertiary/aromatic N) is 4. The molecular formula is C25H29IN6O2. The van der Waals surface area contributed by atoms with E-state index in [0.29, 0.717) is 43.5 Å². The third-order valence-corrected chi connectivity index (χ3v) is 4.90. The van der Waals surface area contributed by atoms with Crippen LogP contribution in [0.4, 0.5) is 0 Å². The normalized spacial score (nSPS) is 11.1. The highest BCUT2D eigenvalue weighted by Gasteiger charge is 2.09. The molecule has 4 rings (SSSR count). The molecule has 0 atom stereocenters. The van der Waals surface area contributed by atoms with E-state index in [1.165, 1.54) is 10.8 Å². The number of hydrogen-bond acceptors (Lipinski definition) is 6. The summed E-state index contributed by atoms with van der Waals surface area (Å²) in [5, 5.41) is 13.0. The summed E-state index contributed by atoms with van der Waals surface area (Å²) in [6.45, 7) is 4.74. The molecule has 0 bridgehead atoms.